The van der Waals surface area contributed by atoms with Crippen LogP contribution in [0.1, 0.15) is 178 Å². The maximum atomic E-state index is 12.6. The Morgan fingerprint density at radius 1 is 0.279 bits per heavy atom. The Morgan fingerprint density at radius 2 is 0.535 bits per heavy atom. The van der Waals surface area contributed by atoms with Gasteiger partial charge in [-0.2, -0.15) is 0 Å². The van der Waals surface area contributed by atoms with Crippen molar-refractivity contribution >= 4 is 0 Å². The molecule has 5 fully saturated rings. The Morgan fingerprint density at radius 3 is 0.779 bits per heavy atom. The lowest BCUT2D eigenvalue weighted by molar-refractivity contribution is -0.187. The van der Waals surface area contributed by atoms with Crippen LogP contribution in [0.4, 0.5) is 26.3 Å². The van der Waals surface area contributed by atoms with Gasteiger partial charge in [-0.15, -0.1) is 0 Å². The zero-order valence-electron chi connectivity index (χ0n) is 56.5. The van der Waals surface area contributed by atoms with Gasteiger partial charge in [0.15, 0.2) is 24.2 Å². The molecule has 5 aromatic rings. The van der Waals surface area contributed by atoms with Crippen LogP contribution in [-0.4, -0.2) is 64.4 Å². The first-order valence-electron chi connectivity index (χ1n) is 31.4. The lowest BCUT2D eigenvalue weighted by atomic mass is 9.84. The van der Waals surface area contributed by atoms with E-state index in [9.17, 15) is 26.3 Å². The van der Waals surface area contributed by atoms with Crippen molar-refractivity contribution in [3.05, 3.63) is 175 Å². The normalized spacial score (nSPS) is 23.7. The van der Waals surface area contributed by atoms with Crippen molar-refractivity contribution in [2.45, 2.75) is 215 Å². The Hall–Kier alpha value is -4.56. The monoisotopic (exact) mass is 1210 g/mol. The van der Waals surface area contributed by atoms with Crippen molar-refractivity contribution < 1.29 is 56.2 Å². The molecule has 0 N–H and O–H groups in total. The SMILES string of the molecule is CC1CCC(C)CC1.CC1CCC(C)OC1.CC1CCC(C)OC1.CC1COC(C)OC1.CC1COC(C)OC1.Cc1cc(F)c(C)c(F)c1.Cc1ccc(C)c(F)c1.Cc1ccc(C)c(F)c1.Cc1ccc(C)c(F)c1F.Cc1ccc(C)cc1.[HH]. The number of hydrogen-bond acceptors (Lipinski definition) is 6. The molecular formula is C74H114F6O6. The van der Waals surface area contributed by atoms with Crippen LogP contribution in [0.15, 0.2) is 84.9 Å². The molecule has 0 aromatic heterocycles. The molecule has 6 nitrogen and oxygen atoms in total. The van der Waals surface area contributed by atoms with Gasteiger partial charge < -0.3 is 28.4 Å². The van der Waals surface area contributed by atoms with Crippen LogP contribution in [0.3, 0.4) is 0 Å². The lowest BCUT2D eigenvalue weighted by Gasteiger charge is -2.24. The Balaban J connectivity index is 0.000000944. The average Bonchev–Trinajstić information content (AvgIpc) is 3.60. The molecule has 10 rings (SSSR count). The third-order valence-corrected chi connectivity index (χ3v) is 15.0. The number of halogens is 6. The van der Waals surface area contributed by atoms with Crippen molar-refractivity contribution in [3.8, 4) is 0 Å². The molecule has 0 spiro atoms. The van der Waals surface area contributed by atoms with Crippen molar-refractivity contribution in [2.75, 3.05) is 39.6 Å². The van der Waals surface area contributed by atoms with Gasteiger partial charge >= 0.3 is 0 Å². The molecule has 5 aliphatic rings. The van der Waals surface area contributed by atoms with Crippen LogP contribution < -0.4 is 0 Å². The second kappa shape index (κ2) is 44.0. The predicted octanol–water partition coefficient (Wildman–Crippen LogP) is 21.1. The van der Waals surface area contributed by atoms with Gasteiger partial charge in [0, 0.05) is 32.0 Å². The standard InChI is InChI=1S/2C8H8F2.2C8H9F.C8H16.C8H10.2C7H14O.2C6H12O2.H2/c1-5-3-7(9)6(2)8(10)4-5;1-5-3-4-6(2)8(10)7(5)9;2*1-6-3-4-7(2)8(9)5-6;2*1-7-3-5-8(2)6-4-7;2*1-6-3-4-7(2)8-5-6;2*1-5-3-7-6(2)8-4-5;/h2*3-4H,1-2H3;2*3-5H,1-2H3;7-8H,3-6H2,1-2H3;3-6H,1-2H3;2*6-7H,3-5H2,1-2H3;2*5-6H,3-4H2,1-2H3;1H. The van der Waals surface area contributed by atoms with E-state index >= 15 is 0 Å². The van der Waals surface area contributed by atoms with Gasteiger partial charge in [-0.25, -0.2) is 26.3 Å². The second-order valence-corrected chi connectivity index (χ2v) is 25.0. The molecular weight excluding hydrogens is 1100 g/mol. The summed E-state index contributed by atoms with van der Waals surface area (Å²) in [7, 11) is 0. The van der Waals surface area contributed by atoms with Crippen LogP contribution in [0, 0.1) is 140 Å². The minimum absolute atomic E-state index is 0. The number of hydrogen-bond donors (Lipinski definition) is 0. The smallest absolute Gasteiger partial charge is 0.161 e. The maximum Gasteiger partial charge on any atom is 0.161 e. The van der Waals surface area contributed by atoms with E-state index in [1.54, 1.807) is 45.0 Å². The summed E-state index contributed by atoms with van der Waals surface area (Å²) in [5, 5.41) is 0. The Labute approximate surface area is 519 Å². The molecule has 0 bridgehead atoms. The molecule has 1 saturated carbocycles. The van der Waals surface area contributed by atoms with Crippen molar-refractivity contribution in [3.63, 3.8) is 0 Å². The Bertz CT molecular complexity index is 2270. The third-order valence-electron chi connectivity index (χ3n) is 15.0. The zero-order valence-corrected chi connectivity index (χ0v) is 56.5. The van der Waals surface area contributed by atoms with E-state index in [-0.39, 0.29) is 31.2 Å². The minimum Gasteiger partial charge on any atom is -0.378 e. The fraction of sp³-hybridized carbons (Fsp3) is 0.595. The quantitative estimate of drug-likeness (QED) is 0.144. The van der Waals surface area contributed by atoms with Gasteiger partial charge in [-0.1, -0.05) is 139 Å². The van der Waals surface area contributed by atoms with Crippen molar-refractivity contribution in [2.24, 2.45) is 35.5 Å². The average molecular weight is 1210 g/mol. The molecule has 12 heteroatoms. The second-order valence-electron chi connectivity index (χ2n) is 25.0. The summed E-state index contributed by atoms with van der Waals surface area (Å²) in [4.78, 5) is 0. The minimum atomic E-state index is -0.736. The summed E-state index contributed by atoms with van der Waals surface area (Å²) in [5.41, 5.74) is 7.42. The fourth-order valence-electron chi connectivity index (χ4n) is 8.39. The highest BCUT2D eigenvalue weighted by molar-refractivity contribution is 5.26. The molecule has 488 valence electrons. The van der Waals surface area contributed by atoms with Gasteiger partial charge in [-0.3, -0.25) is 0 Å². The summed E-state index contributed by atoms with van der Waals surface area (Å²) in [6, 6.07) is 24.7. The molecule has 4 unspecified atom stereocenters. The van der Waals surface area contributed by atoms with Gasteiger partial charge in [0.25, 0.3) is 0 Å². The highest BCUT2D eigenvalue weighted by atomic mass is 19.2. The van der Waals surface area contributed by atoms with E-state index in [0.717, 1.165) is 74.4 Å². The van der Waals surface area contributed by atoms with Gasteiger partial charge in [-0.05, 0) is 209 Å². The summed E-state index contributed by atoms with van der Waals surface area (Å²) < 4.78 is 107. The molecule has 4 aliphatic heterocycles. The highest BCUT2D eigenvalue weighted by Gasteiger charge is 2.17. The van der Waals surface area contributed by atoms with Crippen LogP contribution in [-0.2, 0) is 28.4 Å². The van der Waals surface area contributed by atoms with E-state index in [4.69, 9.17) is 28.4 Å². The summed E-state index contributed by atoms with van der Waals surface area (Å²) in [6.07, 6.45) is 12.2. The first kappa shape index (κ1) is 79.5. The zero-order chi connectivity index (χ0) is 65.1. The van der Waals surface area contributed by atoms with E-state index in [1.807, 2.05) is 39.8 Å². The van der Waals surface area contributed by atoms with E-state index in [2.05, 4.69) is 93.5 Å². The van der Waals surface area contributed by atoms with E-state index in [1.165, 1.54) is 108 Å². The van der Waals surface area contributed by atoms with Gasteiger partial charge in [0.1, 0.15) is 23.3 Å². The van der Waals surface area contributed by atoms with Crippen LogP contribution in [0.25, 0.3) is 0 Å². The van der Waals surface area contributed by atoms with Crippen molar-refractivity contribution in [1.29, 1.82) is 0 Å². The van der Waals surface area contributed by atoms with E-state index < -0.39 is 23.3 Å². The van der Waals surface area contributed by atoms with E-state index in [0.29, 0.717) is 51.9 Å². The highest BCUT2D eigenvalue weighted by Crippen LogP contribution is 2.27. The molecule has 1 aliphatic carbocycles. The predicted molar refractivity (Wildman–Crippen MR) is 347 cm³/mol. The molecule has 0 amide bonds. The van der Waals surface area contributed by atoms with Crippen LogP contribution in [0.2, 0.25) is 0 Å². The Kier molecular flexibility index (Phi) is 40.6. The van der Waals surface area contributed by atoms with Gasteiger partial charge in [0.2, 0.25) is 0 Å². The maximum absolute atomic E-state index is 12.6. The summed E-state index contributed by atoms with van der Waals surface area (Å²) in [6.45, 7) is 44.6. The molecule has 5 aromatic carbocycles. The van der Waals surface area contributed by atoms with Gasteiger partial charge in [0.05, 0.1) is 38.6 Å². The molecule has 4 atom stereocenters. The van der Waals surface area contributed by atoms with Crippen LogP contribution >= 0.6 is 0 Å². The number of rotatable bonds is 0. The summed E-state index contributed by atoms with van der Waals surface area (Å²) >= 11 is 0. The largest absolute Gasteiger partial charge is 0.378 e. The summed E-state index contributed by atoms with van der Waals surface area (Å²) in [5.74, 6) is 2.13. The van der Waals surface area contributed by atoms with Crippen molar-refractivity contribution in [1.82, 2.24) is 0 Å². The van der Waals surface area contributed by atoms with Crippen LogP contribution in [0.5, 0.6) is 0 Å². The topological polar surface area (TPSA) is 55.4 Å². The number of benzene rings is 5. The number of ether oxygens (including phenoxy) is 6. The third kappa shape index (κ3) is 37.3. The molecule has 4 heterocycles. The molecule has 4 saturated heterocycles. The first-order valence-corrected chi connectivity index (χ1v) is 31.4. The first-order chi connectivity index (χ1) is 40.4. The fourth-order valence-corrected chi connectivity index (χ4v) is 8.39. The lowest BCUT2D eigenvalue weighted by Crippen LogP contribution is -2.27. The molecule has 0 radical (unpaired) electrons. The number of aryl methyl sites for hydroxylation is 9. The molecule has 86 heavy (non-hydrogen) atoms.